The number of carboxylic acids is 1. The molecule has 152 valence electrons. The van der Waals surface area contributed by atoms with Crippen LogP contribution in [0, 0.1) is 0 Å². The van der Waals surface area contributed by atoms with Crippen molar-refractivity contribution in [3.8, 4) is 5.75 Å². The Bertz CT molecular complexity index is 1080. The summed E-state index contributed by atoms with van der Waals surface area (Å²) in [5.74, 6) is -0.190. The van der Waals surface area contributed by atoms with Gasteiger partial charge in [-0.2, -0.15) is 0 Å². The first-order valence-corrected chi connectivity index (χ1v) is 9.81. The Morgan fingerprint density at radius 1 is 1.07 bits per heavy atom. The molecule has 2 aliphatic rings. The lowest BCUT2D eigenvalue weighted by Gasteiger charge is -2.18. The van der Waals surface area contributed by atoms with Crippen molar-refractivity contribution >= 4 is 40.6 Å². The van der Waals surface area contributed by atoms with Gasteiger partial charge in [0.05, 0.1) is 11.4 Å². The molecule has 0 radical (unpaired) electrons. The van der Waals surface area contributed by atoms with Crippen molar-refractivity contribution in [1.82, 2.24) is 4.90 Å². The molecular weight excluding hydrogens is 402 g/mol. The van der Waals surface area contributed by atoms with Crippen LogP contribution in [0.5, 0.6) is 5.75 Å². The van der Waals surface area contributed by atoms with Crippen LogP contribution in [0.2, 0.25) is 0 Å². The number of benzene rings is 2. The lowest BCUT2D eigenvalue weighted by molar-refractivity contribution is -0.137. The van der Waals surface area contributed by atoms with Crippen molar-refractivity contribution in [3.05, 3.63) is 78.3 Å². The molecule has 0 aromatic heterocycles. The van der Waals surface area contributed by atoms with Gasteiger partial charge in [0, 0.05) is 12.6 Å². The fourth-order valence-corrected chi connectivity index (χ4v) is 3.80. The number of anilines is 2. The van der Waals surface area contributed by atoms with Crippen molar-refractivity contribution in [3.63, 3.8) is 0 Å². The molecule has 1 amide bonds. The van der Waals surface area contributed by atoms with Crippen molar-refractivity contribution in [2.45, 2.75) is 6.92 Å². The number of rotatable bonds is 5. The number of fused-ring (bicyclic) bond motifs is 1. The fourth-order valence-electron chi connectivity index (χ4n) is 3.45. The highest BCUT2D eigenvalue weighted by molar-refractivity contribution is 7.80. The van der Waals surface area contributed by atoms with Gasteiger partial charge in [-0.3, -0.25) is 14.5 Å². The standard InChI is InChI=1S/C22H19N3O4S/c1-2-23-16-10-6-7-11-18(16)29-19(23)13-12-17-21(28)25(15-8-4-3-5-9-15)22(30)24(17)14-20(26)27/h3-13H,2,14H2,1H3,(H,26,27)/b17-12+,19-13-. The van der Waals surface area contributed by atoms with Crippen LogP contribution in [0.4, 0.5) is 11.4 Å². The van der Waals surface area contributed by atoms with Crippen LogP contribution in [0.25, 0.3) is 0 Å². The third kappa shape index (κ3) is 3.42. The first-order valence-electron chi connectivity index (χ1n) is 9.40. The molecule has 0 saturated carbocycles. The van der Waals surface area contributed by atoms with E-state index in [1.807, 2.05) is 42.2 Å². The molecule has 1 saturated heterocycles. The highest BCUT2D eigenvalue weighted by Gasteiger charge is 2.39. The van der Waals surface area contributed by atoms with Crippen molar-refractivity contribution < 1.29 is 19.4 Å². The second-order valence-electron chi connectivity index (χ2n) is 6.61. The van der Waals surface area contributed by atoms with Gasteiger partial charge in [0.1, 0.15) is 12.2 Å². The van der Waals surface area contributed by atoms with Gasteiger partial charge in [0.2, 0.25) is 5.88 Å². The van der Waals surface area contributed by atoms with Crippen LogP contribution >= 0.6 is 12.2 Å². The fraction of sp³-hybridized carbons (Fsp3) is 0.136. The van der Waals surface area contributed by atoms with E-state index in [-0.39, 0.29) is 16.7 Å². The number of carbonyl (C=O) groups is 2. The average Bonchev–Trinajstić information content (AvgIpc) is 3.21. The number of carboxylic acid groups (broad SMARTS) is 1. The van der Waals surface area contributed by atoms with Crippen LogP contribution in [0.15, 0.2) is 78.3 Å². The van der Waals surface area contributed by atoms with E-state index in [9.17, 15) is 14.7 Å². The summed E-state index contributed by atoms with van der Waals surface area (Å²) in [6, 6.07) is 16.6. The Labute approximate surface area is 179 Å². The minimum atomic E-state index is -1.08. The molecule has 2 aromatic carbocycles. The molecule has 0 unspecified atom stereocenters. The number of thiocarbonyl (C=S) groups is 1. The van der Waals surface area contributed by atoms with Gasteiger partial charge < -0.3 is 19.6 Å². The third-order valence-electron chi connectivity index (χ3n) is 4.78. The smallest absolute Gasteiger partial charge is 0.323 e. The molecule has 0 spiro atoms. The molecule has 0 bridgehead atoms. The first kappa shape index (κ1) is 19.7. The summed E-state index contributed by atoms with van der Waals surface area (Å²) in [6.45, 7) is 2.25. The zero-order valence-electron chi connectivity index (χ0n) is 16.2. The van der Waals surface area contributed by atoms with Crippen molar-refractivity contribution in [1.29, 1.82) is 0 Å². The molecule has 1 N–H and O–H groups in total. The summed E-state index contributed by atoms with van der Waals surface area (Å²) in [4.78, 5) is 29.2. The van der Waals surface area contributed by atoms with E-state index < -0.39 is 12.5 Å². The van der Waals surface area contributed by atoms with Gasteiger partial charge in [-0.25, -0.2) is 0 Å². The second-order valence-corrected chi connectivity index (χ2v) is 6.97. The second kappa shape index (κ2) is 8.00. The van der Waals surface area contributed by atoms with Crippen LogP contribution < -0.4 is 14.5 Å². The number of amides is 1. The molecule has 30 heavy (non-hydrogen) atoms. The summed E-state index contributed by atoms with van der Waals surface area (Å²) >= 11 is 5.43. The molecule has 1 fully saturated rings. The lowest BCUT2D eigenvalue weighted by Crippen LogP contribution is -2.35. The van der Waals surface area contributed by atoms with Gasteiger partial charge in [-0.05, 0) is 49.5 Å². The minimum Gasteiger partial charge on any atom is -0.480 e. The van der Waals surface area contributed by atoms with E-state index in [0.717, 1.165) is 11.4 Å². The Balaban J connectivity index is 1.71. The number of hydrogen-bond donors (Lipinski definition) is 1. The average molecular weight is 421 g/mol. The Morgan fingerprint density at radius 3 is 2.47 bits per heavy atom. The predicted octanol–water partition coefficient (Wildman–Crippen LogP) is 3.35. The molecule has 0 aliphatic carbocycles. The number of ether oxygens (including phenoxy) is 1. The van der Waals surface area contributed by atoms with Crippen molar-refractivity contribution in [2.75, 3.05) is 22.9 Å². The number of hydrogen-bond acceptors (Lipinski definition) is 5. The summed E-state index contributed by atoms with van der Waals surface area (Å²) in [5, 5.41) is 9.45. The monoisotopic (exact) mass is 421 g/mol. The Hall–Kier alpha value is -3.65. The summed E-state index contributed by atoms with van der Waals surface area (Å²) in [7, 11) is 0. The van der Waals surface area contributed by atoms with E-state index in [0.29, 0.717) is 18.1 Å². The molecule has 2 aromatic rings. The van der Waals surface area contributed by atoms with E-state index in [2.05, 4.69) is 0 Å². The Morgan fingerprint density at radius 2 is 1.77 bits per heavy atom. The zero-order valence-corrected chi connectivity index (χ0v) is 17.0. The third-order valence-corrected chi connectivity index (χ3v) is 5.18. The molecule has 8 heteroatoms. The van der Waals surface area contributed by atoms with E-state index in [1.165, 1.54) is 9.80 Å². The SMILES string of the molecule is CCN1/C(=C/C=C2\C(=O)N(c3ccccc3)C(=S)N2CC(=O)O)Oc2ccccc21. The zero-order chi connectivity index (χ0) is 21.3. The molecule has 0 atom stereocenters. The number of aliphatic carboxylic acids is 1. The minimum absolute atomic E-state index is 0.126. The number of allylic oxidation sites excluding steroid dienone is 2. The largest absolute Gasteiger partial charge is 0.480 e. The number of para-hydroxylation sites is 3. The number of carbonyl (C=O) groups excluding carboxylic acids is 1. The maximum Gasteiger partial charge on any atom is 0.323 e. The van der Waals surface area contributed by atoms with E-state index in [4.69, 9.17) is 17.0 Å². The Kier molecular flexibility index (Phi) is 5.24. The van der Waals surface area contributed by atoms with Gasteiger partial charge in [0.25, 0.3) is 5.91 Å². The van der Waals surface area contributed by atoms with Gasteiger partial charge in [0.15, 0.2) is 10.9 Å². The highest BCUT2D eigenvalue weighted by atomic mass is 32.1. The maximum absolute atomic E-state index is 13.1. The summed E-state index contributed by atoms with van der Waals surface area (Å²) < 4.78 is 5.91. The first-order chi connectivity index (χ1) is 14.5. The van der Waals surface area contributed by atoms with Crippen LogP contribution in [-0.4, -0.2) is 40.1 Å². The van der Waals surface area contributed by atoms with Gasteiger partial charge in [-0.1, -0.05) is 30.3 Å². The van der Waals surface area contributed by atoms with E-state index in [1.54, 1.807) is 36.4 Å². The normalized spacial score (nSPS) is 18.4. The summed E-state index contributed by atoms with van der Waals surface area (Å²) in [5.41, 5.74) is 1.69. The molecule has 7 nitrogen and oxygen atoms in total. The maximum atomic E-state index is 13.1. The van der Waals surface area contributed by atoms with Crippen LogP contribution in [-0.2, 0) is 9.59 Å². The van der Waals surface area contributed by atoms with Gasteiger partial charge in [-0.15, -0.1) is 0 Å². The molecule has 4 rings (SSSR count). The molecular formula is C22H19N3O4S. The molecule has 2 heterocycles. The molecule has 2 aliphatic heterocycles. The van der Waals surface area contributed by atoms with Crippen LogP contribution in [0.3, 0.4) is 0 Å². The highest BCUT2D eigenvalue weighted by Crippen LogP contribution is 2.38. The predicted molar refractivity (Wildman–Crippen MR) is 117 cm³/mol. The van der Waals surface area contributed by atoms with Crippen LogP contribution in [0.1, 0.15) is 6.92 Å². The topological polar surface area (TPSA) is 73.3 Å². The van der Waals surface area contributed by atoms with Crippen molar-refractivity contribution in [2.24, 2.45) is 0 Å². The quantitative estimate of drug-likeness (QED) is 0.586. The summed E-state index contributed by atoms with van der Waals surface area (Å²) in [6.07, 6.45) is 3.23. The van der Waals surface area contributed by atoms with E-state index >= 15 is 0 Å². The van der Waals surface area contributed by atoms with Gasteiger partial charge >= 0.3 is 5.97 Å². The number of nitrogens with zero attached hydrogens (tertiary/aromatic N) is 3. The lowest BCUT2D eigenvalue weighted by atomic mass is 10.2.